The predicted molar refractivity (Wildman–Crippen MR) is 97.4 cm³/mol. The molecule has 2 aromatic carbocycles. The van der Waals surface area contributed by atoms with Gasteiger partial charge in [0.2, 0.25) is 12.7 Å². The lowest BCUT2D eigenvalue weighted by Crippen LogP contribution is -2.22. The Morgan fingerprint density at radius 2 is 2.00 bits per heavy atom. The van der Waals surface area contributed by atoms with Crippen molar-refractivity contribution >= 4 is 22.9 Å². The van der Waals surface area contributed by atoms with Gasteiger partial charge in [0.15, 0.2) is 11.5 Å². The number of hydrogen-bond acceptors (Lipinski definition) is 4. The van der Waals surface area contributed by atoms with Crippen molar-refractivity contribution in [2.45, 2.75) is 12.3 Å². The van der Waals surface area contributed by atoms with E-state index < -0.39 is 0 Å². The SMILES string of the molecule is O=C1CC(c2ccc3c(c2)OCO3)c2scc(-c3cccc(F)c3)c2N1. The van der Waals surface area contributed by atoms with E-state index in [0.29, 0.717) is 12.2 Å². The van der Waals surface area contributed by atoms with Crippen molar-refractivity contribution in [3.05, 3.63) is 64.1 Å². The number of hydrogen-bond donors (Lipinski definition) is 1. The predicted octanol–water partition coefficient (Wildman–Crippen LogP) is 4.76. The zero-order valence-electron chi connectivity index (χ0n) is 13.6. The monoisotopic (exact) mass is 367 g/mol. The topological polar surface area (TPSA) is 47.6 Å². The molecule has 1 aromatic heterocycles. The second-order valence-electron chi connectivity index (χ2n) is 6.32. The number of carbonyl (C=O) groups is 1. The molecule has 26 heavy (non-hydrogen) atoms. The van der Waals surface area contributed by atoms with E-state index in [1.54, 1.807) is 17.4 Å². The molecule has 4 nitrogen and oxygen atoms in total. The second-order valence-corrected chi connectivity index (χ2v) is 7.23. The van der Waals surface area contributed by atoms with E-state index in [0.717, 1.165) is 33.0 Å². The molecule has 0 aliphatic carbocycles. The van der Waals surface area contributed by atoms with Crippen LogP contribution in [0.2, 0.25) is 0 Å². The summed E-state index contributed by atoms with van der Waals surface area (Å²) in [5.74, 6) is 1.03. The van der Waals surface area contributed by atoms with Gasteiger partial charge in [-0.25, -0.2) is 4.39 Å². The minimum Gasteiger partial charge on any atom is -0.454 e. The lowest BCUT2D eigenvalue weighted by molar-refractivity contribution is -0.116. The quantitative estimate of drug-likeness (QED) is 0.711. The summed E-state index contributed by atoms with van der Waals surface area (Å²) >= 11 is 1.58. The van der Waals surface area contributed by atoms with E-state index in [2.05, 4.69) is 5.32 Å². The molecule has 1 N–H and O–H groups in total. The van der Waals surface area contributed by atoms with Gasteiger partial charge in [-0.05, 0) is 35.4 Å². The van der Waals surface area contributed by atoms with Crippen LogP contribution < -0.4 is 14.8 Å². The van der Waals surface area contributed by atoms with Gasteiger partial charge in [0.25, 0.3) is 0 Å². The van der Waals surface area contributed by atoms with Gasteiger partial charge in [0, 0.05) is 28.2 Å². The van der Waals surface area contributed by atoms with Crippen molar-refractivity contribution < 1.29 is 18.7 Å². The number of amides is 1. The minimum absolute atomic E-state index is 0.0452. The van der Waals surface area contributed by atoms with E-state index in [1.807, 2.05) is 29.6 Å². The Kier molecular flexibility index (Phi) is 3.46. The van der Waals surface area contributed by atoms with Crippen molar-refractivity contribution in [3.8, 4) is 22.6 Å². The largest absolute Gasteiger partial charge is 0.454 e. The smallest absolute Gasteiger partial charge is 0.231 e. The van der Waals surface area contributed by atoms with Crippen molar-refractivity contribution in [1.82, 2.24) is 0 Å². The molecule has 130 valence electrons. The first kappa shape index (κ1) is 15.4. The van der Waals surface area contributed by atoms with Crippen molar-refractivity contribution in [2.24, 2.45) is 0 Å². The minimum atomic E-state index is -0.295. The highest BCUT2D eigenvalue weighted by atomic mass is 32.1. The number of benzene rings is 2. The third kappa shape index (κ3) is 2.45. The number of ether oxygens (including phenoxy) is 2. The average Bonchev–Trinajstić information content (AvgIpc) is 3.27. The van der Waals surface area contributed by atoms with E-state index in [-0.39, 0.29) is 24.4 Å². The zero-order valence-corrected chi connectivity index (χ0v) is 14.4. The summed E-state index contributed by atoms with van der Waals surface area (Å²) in [4.78, 5) is 13.4. The molecule has 6 heteroatoms. The zero-order chi connectivity index (χ0) is 17.7. The molecule has 1 amide bonds. The molecule has 0 saturated carbocycles. The normalized spacial score (nSPS) is 17.7. The Labute approximate surface area is 153 Å². The molecular formula is C20H14FNO3S. The Morgan fingerprint density at radius 1 is 1.12 bits per heavy atom. The molecule has 0 fully saturated rings. The third-order valence-corrected chi connectivity index (χ3v) is 5.82. The molecule has 1 unspecified atom stereocenters. The maximum absolute atomic E-state index is 13.6. The number of carbonyl (C=O) groups excluding carboxylic acids is 1. The summed E-state index contributed by atoms with van der Waals surface area (Å²) in [6, 6.07) is 12.2. The Morgan fingerprint density at radius 3 is 2.88 bits per heavy atom. The van der Waals surface area contributed by atoms with Crippen LogP contribution in [0.25, 0.3) is 11.1 Å². The van der Waals surface area contributed by atoms with Gasteiger partial charge in [-0.15, -0.1) is 11.3 Å². The first-order chi connectivity index (χ1) is 12.7. The molecule has 3 aromatic rings. The summed E-state index contributed by atoms with van der Waals surface area (Å²) in [7, 11) is 0. The van der Waals surface area contributed by atoms with Crippen LogP contribution in [0.3, 0.4) is 0 Å². The summed E-state index contributed by atoms with van der Waals surface area (Å²) in [6.07, 6.45) is 0.371. The second kappa shape index (κ2) is 5.85. The van der Waals surface area contributed by atoms with Crippen molar-refractivity contribution in [1.29, 1.82) is 0 Å². The number of nitrogens with one attached hydrogen (secondary N) is 1. The van der Waals surface area contributed by atoms with Gasteiger partial charge in [0.1, 0.15) is 5.82 Å². The fraction of sp³-hybridized carbons (Fsp3) is 0.150. The van der Waals surface area contributed by atoms with Gasteiger partial charge in [-0.3, -0.25) is 4.79 Å². The van der Waals surface area contributed by atoms with Crippen LogP contribution in [-0.4, -0.2) is 12.7 Å². The number of anilines is 1. The van der Waals surface area contributed by atoms with Crippen LogP contribution in [0.1, 0.15) is 22.8 Å². The van der Waals surface area contributed by atoms with Crippen molar-refractivity contribution in [3.63, 3.8) is 0 Å². The van der Waals surface area contributed by atoms with Crippen LogP contribution in [-0.2, 0) is 4.79 Å². The van der Waals surface area contributed by atoms with E-state index in [9.17, 15) is 9.18 Å². The van der Waals surface area contributed by atoms with Crippen molar-refractivity contribution in [2.75, 3.05) is 12.1 Å². The van der Waals surface area contributed by atoms with Crippen LogP contribution in [0.5, 0.6) is 11.5 Å². The Balaban J connectivity index is 1.60. The highest BCUT2D eigenvalue weighted by molar-refractivity contribution is 7.11. The van der Waals surface area contributed by atoms with Crippen LogP contribution >= 0.6 is 11.3 Å². The number of halogens is 1. The average molecular weight is 367 g/mol. The summed E-state index contributed by atoms with van der Waals surface area (Å²) in [5, 5.41) is 4.95. The van der Waals surface area contributed by atoms with Gasteiger partial charge >= 0.3 is 0 Å². The highest BCUT2D eigenvalue weighted by Crippen LogP contribution is 2.48. The molecule has 0 radical (unpaired) electrons. The lowest BCUT2D eigenvalue weighted by atomic mass is 9.89. The molecule has 0 bridgehead atoms. The maximum atomic E-state index is 13.6. The van der Waals surface area contributed by atoms with E-state index in [4.69, 9.17) is 9.47 Å². The molecule has 0 spiro atoms. The fourth-order valence-corrected chi connectivity index (χ4v) is 4.66. The summed E-state index contributed by atoms with van der Waals surface area (Å²) in [6.45, 7) is 0.220. The molecule has 0 saturated heterocycles. The lowest BCUT2D eigenvalue weighted by Gasteiger charge is -2.24. The number of rotatable bonds is 2. The summed E-state index contributed by atoms with van der Waals surface area (Å²) < 4.78 is 24.5. The van der Waals surface area contributed by atoms with Gasteiger partial charge in [-0.2, -0.15) is 0 Å². The molecule has 5 rings (SSSR count). The number of thiophene rings is 1. The standard InChI is InChI=1S/C20H14FNO3S/c21-13-3-1-2-11(6-13)15-9-26-20-14(8-18(23)22-19(15)20)12-4-5-16-17(7-12)25-10-24-16/h1-7,9,14H,8,10H2,(H,22,23). The van der Waals surface area contributed by atoms with E-state index >= 15 is 0 Å². The Bertz CT molecular complexity index is 1030. The molecule has 2 aliphatic heterocycles. The highest BCUT2D eigenvalue weighted by Gasteiger charge is 2.31. The molecular weight excluding hydrogens is 353 g/mol. The van der Waals surface area contributed by atoms with Crippen LogP contribution in [0.4, 0.5) is 10.1 Å². The van der Waals surface area contributed by atoms with E-state index in [1.165, 1.54) is 12.1 Å². The van der Waals surface area contributed by atoms with Crippen LogP contribution in [0, 0.1) is 5.82 Å². The summed E-state index contributed by atoms with van der Waals surface area (Å²) in [5.41, 5.74) is 3.40. The van der Waals surface area contributed by atoms with Gasteiger partial charge < -0.3 is 14.8 Å². The third-order valence-electron chi connectivity index (χ3n) is 4.72. The van der Waals surface area contributed by atoms with Crippen LogP contribution in [0.15, 0.2) is 47.8 Å². The molecule has 1 atom stereocenters. The van der Waals surface area contributed by atoms with Gasteiger partial charge in [-0.1, -0.05) is 18.2 Å². The molecule has 2 aliphatic rings. The fourth-order valence-electron chi connectivity index (χ4n) is 3.49. The molecule has 3 heterocycles. The Hall–Kier alpha value is -2.86. The van der Waals surface area contributed by atoms with Gasteiger partial charge in [0.05, 0.1) is 5.69 Å². The first-order valence-electron chi connectivity index (χ1n) is 8.26. The first-order valence-corrected chi connectivity index (χ1v) is 9.14. The maximum Gasteiger partial charge on any atom is 0.231 e. The number of fused-ring (bicyclic) bond motifs is 2.